The van der Waals surface area contributed by atoms with Gasteiger partial charge in [0.15, 0.2) is 0 Å². The number of ether oxygens (including phenoxy) is 2. The number of rotatable bonds is 7. The van der Waals surface area contributed by atoms with Crippen LogP contribution < -0.4 is 14.4 Å². The fourth-order valence-corrected chi connectivity index (χ4v) is 3.60. The summed E-state index contributed by atoms with van der Waals surface area (Å²) < 4.78 is 11.7. The molecular formula is C24H23Cl2NO4. The molecule has 3 aromatic carbocycles. The number of nitrogens with zero attached hydrogens (tertiary/aromatic N) is 1. The molecular weight excluding hydrogens is 437 g/mol. The van der Waals surface area contributed by atoms with Gasteiger partial charge in [-0.15, -0.1) is 12.4 Å². The van der Waals surface area contributed by atoms with Crippen LogP contribution in [0.25, 0.3) is 0 Å². The highest BCUT2D eigenvalue weighted by Crippen LogP contribution is 2.29. The van der Waals surface area contributed by atoms with Gasteiger partial charge in [-0.3, -0.25) is 0 Å². The molecule has 1 unspecified atom stereocenters. The van der Waals surface area contributed by atoms with Crippen molar-refractivity contribution < 1.29 is 19.4 Å². The van der Waals surface area contributed by atoms with Crippen molar-refractivity contribution in [2.24, 2.45) is 5.92 Å². The Bertz CT molecular complexity index is 992. The number of carboxylic acids is 1. The first kappa shape index (κ1) is 22.8. The second-order valence-electron chi connectivity index (χ2n) is 7.29. The van der Waals surface area contributed by atoms with E-state index >= 15 is 0 Å². The van der Waals surface area contributed by atoms with Crippen molar-refractivity contribution in [3.63, 3.8) is 0 Å². The van der Waals surface area contributed by atoms with Crippen LogP contribution in [0.5, 0.6) is 17.2 Å². The van der Waals surface area contributed by atoms with E-state index in [4.69, 9.17) is 26.2 Å². The minimum atomic E-state index is -0.933. The molecule has 1 aliphatic rings. The van der Waals surface area contributed by atoms with Crippen molar-refractivity contribution in [3.05, 3.63) is 83.4 Å². The minimum Gasteiger partial charge on any atom is -0.493 e. The Morgan fingerprint density at radius 2 is 1.52 bits per heavy atom. The molecule has 0 saturated carbocycles. The first-order valence-corrected chi connectivity index (χ1v) is 10.2. The molecule has 1 atom stereocenters. The Hall–Kier alpha value is -2.89. The summed E-state index contributed by atoms with van der Waals surface area (Å²) in [7, 11) is 0. The smallest absolute Gasteiger partial charge is 0.335 e. The Morgan fingerprint density at radius 3 is 2.13 bits per heavy atom. The Balaban J connectivity index is 0.00000272. The van der Waals surface area contributed by atoms with Crippen molar-refractivity contribution in [3.8, 4) is 17.2 Å². The molecule has 1 saturated heterocycles. The Kier molecular flexibility index (Phi) is 7.66. The maximum Gasteiger partial charge on any atom is 0.335 e. The van der Waals surface area contributed by atoms with Crippen LogP contribution in [-0.4, -0.2) is 30.8 Å². The Morgan fingerprint density at radius 1 is 0.935 bits per heavy atom. The maximum absolute atomic E-state index is 10.9. The topological polar surface area (TPSA) is 59.0 Å². The number of carbonyl (C=O) groups is 1. The average Bonchev–Trinajstić information content (AvgIpc) is 3.24. The van der Waals surface area contributed by atoms with Crippen molar-refractivity contribution in [2.45, 2.75) is 6.42 Å². The molecule has 1 aliphatic heterocycles. The van der Waals surface area contributed by atoms with E-state index in [1.807, 2.05) is 24.3 Å². The number of hydrogen-bond acceptors (Lipinski definition) is 4. The second-order valence-corrected chi connectivity index (χ2v) is 7.73. The first-order chi connectivity index (χ1) is 14.6. The van der Waals surface area contributed by atoms with Crippen LogP contribution in [0.1, 0.15) is 16.8 Å². The molecule has 1 N–H and O–H groups in total. The summed E-state index contributed by atoms with van der Waals surface area (Å²) in [5, 5.41) is 9.64. The number of benzene rings is 3. The number of hydrogen-bond donors (Lipinski definition) is 1. The predicted octanol–water partition coefficient (Wildman–Crippen LogP) is 6.16. The molecule has 0 amide bonds. The molecule has 0 aromatic heterocycles. The summed E-state index contributed by atoms with van der Waals surface area (Å²) in [6.45, 7) is 2.51. The van der Waals surface area contributed by atoms with E-state index in [0.29, 0.717) is 23.3 Å². The van der Waals surface area contributed by atoms with E-state index in [0.717, 1.165) is 36.7 Å². The summed E-state index contributed by atoms with van der Waals surface area (Å²) in [4.78, 5) is 13.3. The molecule has 5 nitrogen and oxygen atoms in total. The van der Waals surface area contributed by atoms with Crippen molar-refractivity contribution >= 4 is 35.7 Å². The molecule has 0 bridgehead atoms. The van der Waals surface area contributed by atoms with Gasteiger partial charge in [0.05, 0.1) is 12.2 Å². The lowest BCUT2D eigenvalue weighted by Crippen LogP contribution is -2.21. The van der Waals surface area contributed by atoms with E-state index < -0.39 is 5.97 Å². The quantitative estimate of drug-likeness (QED) is 0.458. The zero-order valence-electron chi connectivity index (χ0n) is 16.7. The van der Waals surface area contributed by atoms with Gasteiger partial charge in [-0.25, -0.2) is 4.79 Å². The molecule has 1 fully saturated rings. The number of halogens is 2. The third-order valence-corrected chi connectivity index (χ3v) is 5.38. The maximum atomic E-state index is 10.9. The van der Waals surface area contributed by atoms with E-state index in [-0.39, 0.29) is 18.0 Å². The summed E-state index contributed by atoms with van der Waals surface area (Å²) in [6, 6.07) is 21.9. The highest BCUT2D eigenvalue weighted by atomic mass is 35.5. The predicted molar refractivity (Wildman–Crippen MR) is 124 cm³/mol. The molecule has 0 aliphatic carbocycles. The van der Waals surface area contributed by atoms with E-state index in [1.54, 1.807) is 36.4 Å². The highest BCUT2D eigenvalue weighted by Gasteiger charge is 2.23. The van der Waals surface area contributed by atoms with Crippen molar-refractivity contribution in [1.82, 2.24) is 0 Å². The fraction of sp³-hybridized carbons (Fsp3) is 0.208. The van der Waals surface area contributed by atoms with Gasteiger partial charge in [-0.1, -0.05) is 11.6 Å². The summed E-state index contributed by atoms with van der Waals surface area (Å²) >= 11 is 5.90. The molecule has 0 spiro atoms. The number of carboxylic acid groups (broad SMARTS) is 1. The minimum absolute atomic E-state index is 0. The van der Waals surface area contributed by atoms with Gasteiger partial charge in [0.2, 0.25) is 0 Å². The van der Waals surface area contributed by atoms with Crippen molar-refractivity contribution in [1.29, 1.82) is 0 Å². The molecule has 0 radical (unpaired) electrons. The van der Waals surface area contributed by atoms with Gasteiger partial charge in [-0.2, -0.15) is 0 Å². The van der Waals surface area contributed by atoms with Crippen LogP contribution in [0.4, 0.5) is 5.69 Å². The average molecular weight is 460 g/mol. The van der Waals surface area contributed by atoms with Crippen LogP contribution in [0.3, 0.4) is 0 Å². The van der Waals surface area contributed by atoms with Crippen LogP contribution in [0.2, 0.25) is 5.02 Å². The lowest BCUT2D eigenvalue weighted by atomic mass is 10.1. The Labute approximate surface area is 192 Å². The molecule has 31 heavy (non-hydrogen) atoms. The lowest BCUT2D eigenvalue weighted by molar-refractivity contribution is 0.0697. The zero-order valence-corrected chi connectivity index (χ0v) is 18.3. The molecule has 7 heteroatoms. The zero-order chi connectivity index (χ0) is 20.9. The van der Waals surface area contributed by atoms with Crippen molar-refractivity contribution in [2.75, 3.05) is 24.6 Å². The second kappa shape index (κ2) is 10.4. The van der Waals surface area contributed by atoms with Gasteiger partial charge in [0.25, 0.3) is 0 Å². The van der Waals surface area contributed by atoms with Gasteiger partial charge in [0, 0.05) is 29.7 Å². The van der Waals surface area contributed by atoms with E-state index in [9.17, 15) is 4.79 Å². The SMILES string of the molecule is Cl.O=C(O)c1ccc(OCC2CCN(c3ccc(Oc4ccc(Cl)cc4)cc3)C2)cc1. The standard InChI is InChI=1S/C24H22ClNO4.ClH/c25-19-3-9-22(10-4-19)30-23-11-5-20(6-12-23)26-14-13-17(15-26)16-29-21-7-1-18(2-8-21)24(27)28;/h1-12,17H,13-16H2,(H,27,28);1H. The first-order valence-electron chi connectivity index (χ1n) is 9.81. The van der Waals surface area contributed by atoms with Crippen LogP contribution in [0, 0.1) is 5.92 Å². The van der Waals surface area contributed by atoms with Crippen LogP contribution >= 0.6 is 24.0 Å². The molecule has 4 rings (SSSR count). The van der Waals surface area contributed by atoms with Gasteiger partial charge in [-0.05, 0) is 79.2 Å². The number of aromatic carboxylic acids is 1. The largest absolute Gasteiger partial charge is 0.493 e. The normalized spacial score (nSPS) is 15.3. The molecule has 1 heterocycles. The number of anilines is 1. The van der Waals surface area contributed by atoms with Gasteiger partial charge in [0.1, 0.15) is 17.2 Å². The molecule has 162 valence electrons. The summed E-state index contributed by atoms with van der Waals surface area (Å²) in [5.74, 6) is 1.72. The summed E-state index contributed by atoms with van der Waals surface area (Å²) in [6.07, 6.45) is 1.05. The highest BCUT2D eigenvalue weighted by molar-refractivity contribution is 6.30. The van der Waals surface area contributed by atoms with Gasteiger partial charge < -0.3 is 19.5 Å². The summed E-state index contributed by atoms with van der Waals surface area (Å²) in [5.41, 5.74) is 1.42. The third-order valence-electron chi connectivity index (χ3n) is 5.12. The van der Waals surface area contributed by atoms with E-state index in [2.05, 4.69) is 17.0 Å². The van der Waals surface area contributed by atoms with Crippen LogP contribution in [-0.2, 0) is 0 Å². The lowest BCUT2D eigenvalue weighted by Gasteiger charge is -2.19. The monoisotopic (exact) mass is 459 g/mol. The molecule has 3 aromatic rings. The third kappa shape index (κ3) is 6.06. The van der Waals surface area contributed by atoms with Crippen LogP contribution in [0.15, 0.2) is 72.8 Å². The van der Waals surface area contributed by atoms with E-state index in [1.165, 1.54) is 0 Å². The van der Waals surface area contributed by atoms with Gasteiger partial charge >= 0.3 is 5.97 Å². The fourth-order valence-electron chi connectivity index (χ4n) is 3.47.